The SMILES string of the molecule is C[C@@H](C(=O)Nc1cc(Cl)ccc1Cl)N1CCN(Cc2ccsc2)CC1. The highest BCUT2D eigenvalue weighted by Crippen LogP contribution is 2.25. The number of nitrogens with one attached hydrogen (secondary N) is 1. The smallest absolute Gasteiger partial charge is 0.241 e. The number of halogens is 2. The molecule has 1 aromatic carbocycles. The van der Waals surface area contributed by atoms with Crippen LogP contribution in [0.25, 0.3) is 0 Å². The summed E-state index contributed by atoms with van der Waals surface area (Å²) < 4.78 is 0. The first kappa shape index (κ1) is 18.7. The largest absolute Gasteiger partial charge is 0.323 e. The molecule has 4 nitrogen and oxygen atoms in total. The van der Waals surface area contributed by atoms with Gasteiger partial charge in [-0.2, -0.15) is 11.3 Å². The van der Waals surface area contributed by atoms with Crippen molar-refractivity contribution in [3.8, 4) is 0 Å². The lowest BCUT2D eigenvalue weighted by Crippen LogP contribution is -2.52. The molecule has 134 valence electrons. The monoisotopic (exact) mass is 397 g/mol. The van der Waals surface area contributed by atoms with Crippen LogP contribution in [-0.4, -0.2) is 47.9 Å². The van der Waals surface area contributed by atoms with E-state index in [1.165, 1.54) is 5.56 Å². The van der Waals surface area contributed by atoms with Gasteiger partial charge in [0.2, 0.25) is 5.91 Å². The van der Waals surface area contributed by atoms with Crippen molar-refractivity contribution in [3.63, 3.8) is 0 Å². The molecule has 1 aromatic heterocycles. The van der Waals surface area contributed by atoms with E-state index in [1.807, 2.05) is 6.92 Å². The molecule has 1 atom stereocenters. The zero-order chi connectivity index (χ0) is 17.8. The van der Waals surface area contributed by atoms with Crippen LogP contribution in [0.2, 0.25) is 10.0 Å². The van der Waals surface area contributed by atoms with Crippen molar-refractivity contribution >= 4 is 46.1 Å². The minimum Gasteiger partial charge on any atom is -0.323 e. The highest BCUT2D eigenvalue weighted by molar-refractivity contribution is 7.07. The Labute approximate surface area is 162 Å². The quantitative estimate of drug-likeness (QED) is 0.820. The second-order valence-corrected chi connectivity index (χ2v) is 7.86. The number of rotatable bonds is 5. The third-order valence-electron chi connectivity index (χ3n) is 4.51. The van der Waals surface area contributed by atoms with Crippen LogP contribution in [0.15, 0.2) is 35.0 Å². The molecule has 1 saturated heterocycles. The minimum absolute atomic E-state index is 0.0598. The Morgan fingerprint density at radius 2 is 2.00 bits per heavy atom. The predicted octanol–water partition coefficient (Wildman–Crippen LogP) is 4.20. The van der Waals surface area contributed by atoms with E-state index in [-0.39, 0.29) is 11.9 Å². The van der Waals surface area contributed by atoms with E-state index in [1.54, 1.807) is 29.5 Å². The molecule has 0 bridgehead atoms. The number of nitrogens with zero attached hydrogens (tertiary/aromatic N) is 2. The van der Waals surface area contributed by atoms with E-state index < -0.39 is 0 Å². The summed E-state index contributed by atoms with van der Waals surface area (Å²) in [5, 5.41) is 8.23. The fourth-order valence-corrected chi connectivity index (χ4v) is 3.94. The van der Waals surface area contributed by atoms with E-state index in [2.05, 4.69) is 31.9 Å². The molecular formula is C18H21Cl2N3OS. The van der Waals surface area contributed by atoms with E-state index in [0.29, 0.717) is 15.7 Å². The van der Waals surface area contributed by atoms with Crippen molar-refractivity contribution in [2.24, 2.45) is 0 Å². The van der Waals surface area contributed by atoms with Gasteiger partial charge in [-0.3, -0.25) is 14.6 Å². The van der Waals surface area contributed by atoms with Gasteiger partial charge in [0.1, 0.15) is 0 Å². The molecule has 2 aromatic rings. The maximum atomic E-state index is 12.5. The molecule has 1 N–H and O–H groups in total. The molecule has 1 aliphatic rings. The van der Waals surface area contributed by atoms with Gasteiger partial charge in [0.05, 0.1) is 16.8 Å². The average Bonchev–Trinajstić information content (AvgIpc) is 3.11. The van der Waals surface area contributed by atoms with Crippen molar-refractivity contribution in [2.75, 3.05) is 31.5 Å². The van der Waals surface area contributed by atoms with Crippen LogP contribution >= 0.6 is 34.5 Å². The number of carbonyl (C=O) groups is 1. The van der Waals surface area contributed by atoms with Crippen LogP contribution in [0.4, 0.5) is 5.69 Å². The predicted molar refractivity (Wildman–Crippen MR) is 106 cm³/mol. The van der Waals surface area contributed by atoms with Crippen LogP contribution in [0, 0.1) is 0 Å². The molecular weight excluding hydrogens is 377 g/mol. The second-order valence-electron chi connectivity index (χ2n) is 6.23. The summed E-state index contributed by atoms with van der Waals surface area (Å²) >= 11 is 13.8. The molecule has 25 heavy (non-hydrogen) atoms. The number of thiophene rings is 1. The zero-order valence-corrected chi connectivity index (χ0v) is 16.4. The topological polar surface area (TPSA) is 35.6 Å². The van der Waals surface area contributed by atoms with E-state index in [0.717, 1.165) is 32.7 Å². The molecule has 1 amide bonds. The number of hydrogen-bond acceptors (Lipinski definition) is 4. The Kier molecular flexibility index (Phi) is 6.36. The molecule has 0 spiro atoms. The van der Waals surface area contributed by atoms with E-state index >= 15 is 0 Å². The summed E-state index contributed by atoms with van der Waals surface area (Å²) in [4.78, 5) is 17.2. The lowest BCUT2D eigenvalue weighted by atomic mass is 10.2. The third-order valence-corrected chi connectivity index (χ3v) is 5.80. The lowest BCUT2D eigenvalue weighted by molar-refractivity contribution is -0.121. The van der Waals surface area contributed by atoms with Gasteiger partial charge in [0.25, 0.3) is 0 Å². The summed E-state index contributed by atoms with van der Waals surface area (Å²) in [5.41, 5.74) is 1.92. The van der Waals surface area contributed by atoms with Crippen molar-refractivity contribution in [1.82, 2.24) is 9.80 Å². The normalized spacial score (nSPS) is 17.4. The van der Waals surface area contributed by atoms with Crippen LogP contribution in [-0.2, 0) is 11.3 Å². The Morgan fingerprint density at radius 3 is 2.68 bits per heavy atom. The highest BCUT2D eigenvalue weighted by Gasteiger charge is 2.26. The first-order valence-electron chi connectivity index (χ1n) is 8.26. The van der Waals surface area contributed by atoms with Gasteiger partial charge >= 0.3 is 0 Å². The van der Waals surface area contributed by atoms with E-state index in [9.17, 15) is 4.79 Å². The van der Waals surface area contributed by atoms with Gasteiger partial charge in [-0.25, -0.2) is 0 Å². The Balaban J connectivity index is 1.52. The average molecular weight is 398 g/mol. The lowest BCUT2D eigenvalue weighted by Gasteiger charge is -2.37. The van der Waals surface area contributed by atoms with Gasteiger partial charge < -0.3 is 5.32 Å². The van der Waals surface area contributed by atoms with Crippen LogP contribution < -0.4 is 5.32 Å². The van der Waals surface area contributed by atoms with Crippen molar-refractivity contribution in [1.29, 1.82) is 0 Å². The van der Waals surface area contributed by atoms with Crippen molar-refractivity contribution < 1.29 is 4.79 Å². The Bertz CT molecular complexity index is 715. The molecule has 0 saturated carbocycles. The van der Waals surface area contributed by atoms with Crippen molar-refractivity contribution in [3.05, 3.63) is 50.6 Å². The molecule has 2 heterocycles. The van der Waals surface area contributed by atoms with Gasteiger partial charge in [-0.15, -0.1) is 0 Å². The van der Waals surface area contributed by atoms with Gasteiger partial charge in [-0.05, 0) is 47.5 Å². The number of piperazine rings is 1. The molecule has 7 heteroatoms. The highest BCUT2D eigenvalue weighted by atomic mass is 35.5. The summed E-state index contributed by atoms with van der Waals surface area (Å²) in [6.07, 6.45) is 0. The number of carbonyl (C=O) groups excluding carboxylic acids is 1. The molecule has 1 aliphatic heterocycles. The standard InChI is InChI=1S/C18H21Cl2N3OS/c1-13(18(24)21-17-10-15(19)2-3-16(17)20)23-7-5-22(6-8-23)11-14-4-9-25-12-14/h2-4,9-10,12-13H,5-8,11H2,1H3,(H,21,24)/t13-/m0/s1. The number of hydrogen-bond donors (Lipinski definition) is 1. The molecule has 0 radical (unpaired) electrons. The van der Waals surface area contributed by atoms with Crippen LogP contribution in [0.3, 0.4) is 0 Å². The van der Waals surface area contributed by atoms with Gasteiger partial charge in [0.15, 0.2) is 0 Å². The van der Waals surface area contributed by atoms with Gasteiger partial charge in [-0.1, -0.05) is 23.2 Å². The Hall–Kier alpha value is -1.11. The first-order valence-corrected chi connectivity index (χ1v) is 9.96. The summed E-state index contributed by atoms with van der Waals surface area (Å²) in [6.45, 7) is 6.60. The van der Waals surface area contributed by atoms with E-state index in [4.69, 9.17) is 23.2 Å². The minimum atomic E-state index is -0.210. The molecule has 3 rings (SSSR count). The van der Waals surface area contributed by atoms with Gasteiger partial charge in [0, 0.05) is 37.7 Å². The number of benzene rings is 1. The van der Waals surface area contributed by atoms with Crippen molar-refractivity contribution in [2.45, 2.75) is 19.5 Å². The maximum Gasteiger partial charge on any atom is 0.241 e. The molecule has 0 unspecified atom stereocenters. The molecule has 1 fully saturated rings. The first-order chi connectivity index (χ1) is 12.0. The Morgan fingerprint density at radius 1 is 1.24 bits per heavy atom. The second kappa shape index (κ2) is 8.52. The number of amides is 1. The third kappa shape index (κ3) is 4.96. The van der Waals surface area contributed by atoms with Crippen LogP contribution in [0.5, 0.6) is 0 Å². The summed E-state index contributed by atoms with van der Waals surface area (Å²) in [5.74, 6) is -0.0598. The summed E-state index contributed by atoms with van der Waals surface area (Å²) in [7, 11) is 0. The number of anilines is 1. The fourth-order valence-electron chi connectivity index (χ4n) is 2.95. The van der Waals surface area contributed by atoms with Crippen LogP contribution in [0.1, 0.15) is 12.5 Å². The fraction of sp³-hybridized carbons (Fsp3) is 0.389. The maximum absolute atomic E-state index is 12.5. The zero-order valence-electron chi connectivity index (χ0n) is 14.0. The molecule has 0 aliphatic carbocycles. The summed E-state index contributed by atoms with van der Waals surface area (Å²) in [6, 6.07) is 7.02.